The summed E-state index contributed by atoms with van der Waals surface area (Å²) in [4.78, 5) is 2.36. The summed E-state index contributed by atoms with van der Waals surface area (Å²) in [5.74, 6) is 0. The summed E-state index contributed by atoms with van der Waals surface area (Å²) >= 11 is 0. The van der Waals surface area contributed by atoms with E-state index in [0.29, 0.717) is 0 Å². The fourth-order valence-corrected chi connectivity index (χ4v) is 8.38. The Balaban J connectivity index is 1.01. The van der Waals surface area contributed by atoms with E-state index in [-0.39, 0.29) is 0 Å². The van der Waals surface area contributed by atoms with Gasteiger partial charge in [0, 0.05) is 17.1 Å². The van der Waals surface area contributed by atoms with E-state index in [1.54, 1.807) is 0 Å². The molecule has 10 aromatic carbocycles. The lowest BCUT2D eigenvalue weighted by Gasteiger charge is -2.26. The van der Waals surface area contributed by atoms with Crippen molar-refractivity contribution in [2.75, 3.05) is 4.90 Å². The molecule has 1 nitrogen and oxygen atoms in total. The summed E-state index contributed by atoms with van der Waals surface area (Å²) in [6, 6.07) is 89.7. The molecule has 0 aliphatic carbocycles. The van der Waals surface area contributed by atoms with Gasteiger partial charge in [0.05, 0.1) is 0 Å². The molecule has 0 aromatic heterocycles. The van der Waals surface area contributed by atoms with Crippen LogP contribution in [0.3, 0.4) is 0 Å². The first kappa shape index (κ1) is 35.7. The average Bonchev–Trinajstić information content (AvgIpc) is 3.33. The van der Waals surface area contributed by atoms with Gasteiger partial charge in [-0.15, -0.1) is 0 Å². The summed E-state index contributed by atoms with van der Waals surface area (Å²) in [7, 11) is 0. The Bertz CT molecular complexity index is 2980. The van der Waals surface area contributed by atoms with Crippen molar-refractivity contribution in [2.24, 2.45) is 0 Å². The molecule has 0 aliphatic rings. The maximum atomic E-state index is 2.36. The third kappa shape index (κ3) is 7.23. The molecule has 0 N–H and O–H groups in total. The van der Waals surface area contributed by atoms with Crippen molar-refractivity contribution >= 4 is 27.8 Å². The fraction of sp³-hybridized carbons (Fsp3) is 0. The van der Waals surface area contributed by atoms with Crippen LogP contribution in [0, 0.1) is 0 Å². The van der Waals surface area contributed by atoms with Crippen molar-refractivity contribution in [1.82, 2.24) is 0 Å². The Hall–Kier alpha value is -7.74. The average molecular weight is 752 g/mol. The largest absolute Gasteiger partial charge is 0.310 e. The summed E-state index contributed by atoms with van der Waals surface area (Å²) in [5.41, 5.74) is 17.8. The molecule has 0 fully saturated rings. The van der Waals surface area contributed by atoms with Gasteiger partial charge < -0.3 is 4.90 Å². The summed E-state index contributed by atoms with van der Waals surface area (Å²) < 4.78 is 0. The third-order valence-corrected chi connectivity index (χ3v) is 11.3. The van der Waals surface area contributed by atoms with Crippen molar-refractivity contribution in [3.05, 3.63) is 249 Å². The van der Waals surface area contributed by atoms with E-state index < -0.39 is 0 Å². The highest BCUT2D eigenvalue weighted by atomic mass is 15.1. The molecular formula is C58H41N. The van der Waals surface area contributed by atoms with Crippen LogP contribution >= 0.6 is 0 Å². The van der Waals surface area contributed by atoms with E-state index in [1.807, 2.05) is 0 Å². The van der Waals surface area contributed by atoms with Crippen molar-refractivity contribution in [1.29, 1.82) is 0 Å². The topological polar surface area (TPSA) is 3.24 Å². The molecule has 278 valence electrons. The molecule has 10 aromatic rings. The number of nitrogens with zero attached hydrogens (tertiary/aromatic N) is 1. The Morgan fingerprint density at radius 3 is 1.08 bits per heavy atom. The predicted octanol–water partition coefficient (Wildman–Crippen LogP) is 16.3. The van der Waals surface area contributed by atoms with Crippen LogP contribution in [0.5, 0.6) is 0 Å². The van der Waals surface area contributed by atoms with Crippen molar-refractivity contribution in [3.8, 4) is 66.8 Å². The van der Waals surface area contributed by atoms with E-state index in [2.05, 4.69) is 254 Å². The fourth-order valence-electron chi connectivity index (χ4n) is 8.38. The van der Waals surface area contributed by atoms with Gasteiger partial charge in [0.25, 0.3) is 0 Å². The molecular weight excluding hydrogens is 711 g/mol. The van der Waals surface area contributed by atoms with Gasteiger partial charge in [-0.25, -0.2) is 0 Å². The van der Waals surface area contributed by atoms with E-state index in [4.69, 9.17) is 0 Å². The summed E-state index contributed by atoms with van der Waals surface area (Å²) in [6.45, 7) is 0. The van der Waals surface area contributed by atoms with E-state index in [9.17, 15) is 0 Å². The standard InChI is InChI=1S/C58H41N/c1-4-15-42(16-5-1)50-23-12-24-53(41-50)59(52-39-35-48(36-40-52)57-28-14-22-49-21-13-27-56(58(49)57)46-19-8-3-9-20-46)51-37-33-44(34-38-51)43-29-31-47(32-30-43)55-26-11-10-25-54(55)45-17-6-2-7-18-45/h1-41H. The summed E-state index contributed by atoms with van der Waals surface area (Å²) in [5, 5.41) is 2.50. The lowest BCUT2D eigenvalue weighted by molar-refractivity contribution is 1.28. The molecule has 10 rings (SSSR count). The minimum Gasteiger partial charge on any atom is -0.310 e. The van der Waals surface area contributed by atoms with Crippen LogP contribution in [0.4, 0.5) is 17.1 Å². The Morgan fingerprint density at radius 2 is 0.542 bits per heavy atom. The highest BCUT2D eigenvalue weighted by molar-refractivity contribution is 6.06. The van der Waals surface area contributed by atoms with Crippen LogP contribution in [-0.4, -0.2) is 0 Å². The zero-order chi connectivity index (χ0) is 39.4. The highest BCUT2D eigenvalue weighted by Crippen LogP contribution is 2.41. The van der Waals surface area contributed by atoms with Crippen molar-refractivity contribution in [3.63, 3.8) is 0 Å². The number of benzene rings is 10. The van der Waals surface area contributed by atoms with E-state index in [0.717, 1.165) is 17.1 Å². The lowest BCUT2D eigenvalue weighted by atomic mass is 9.91. The SMILES string of the molecule is c1ccc(-c2cccc(N(c3ccc(-c4ccc(-c5ccccc5-c5ccccc5)cc4)cc3)c3ccc(-c4cccc5cccc(-c6ccccc6)c45)cc3)c2)cc1. The first-order valence-electron chi connectivity index (χ1n) is 20.3. The molecule has 0 aliphatic heterocycles. The molecule has 0 atom stereocenters. The number of hydrogen-bond donors (Lipinski definition) is 0. The van der Waals surface area contributed by atoms with E-state index in [1.165, 1.54) is 77.5 Å². The van der Waals surface area contributed by atoms with Gasteiger partial charge in [-0.05, 0) is 114 Å². The van der Waals surface area contributed by atoms with Gasteiger partial charge in [-0.2, -0.15) is 0 Å². The molecule has 0 heterocycles. The highest BCUT2D eigenvalue weighted by Gasteiger charge is 2.16. The molecule has 0 radical (unpaired) electrons. The zero-order valence-electron chi connectivity index (χ0n) is 32.6. The predicted molar refractivity (Wildman–Crippen MR) is 251 cm³/mol. The van der Waals surface area contributed by atoms with E-state index >= 15 is 0 Å². The number of rotatable bonds is 9. The van der Waals surface area contributed by atoms with Gasteiger partial charge >= 0.3 is 0 Å². The maximum Gasteiger partial charge on any atom is 0.0467 e. The van der Waals surface area contributed by atoms with Gasteiger partial charge in [0.2, 0.25) is 0 Å². The number of fused-ring (bicyclic) bond motifs is 1. The third-order valence-electron chi connectivity index (χ3n) is 11.3. The minimum absolute atomic E-state index is 1.09. The van der Waals surface area contributed by atoms with Gasteiger partial charge in [-0.1, -0.05) is 212 Å². The molecule has 0 amide bonds. The summed E-state index contributed by atoms with van der Waals surface area (Å²) in [6.07, 6.45) is 0. The molecule has 0 spiro atoms. The lowest BCUT2D eigenvalue weighted by Crippen LogP contribution is -2.10. The maximum absolute atomic E-state index is 2.36. The normalized spacial score (nSPS) is 11.1. The number of hydrogen-bond acceptors (Lipinski definition) is 1. The number of anilines is 3. The molecule has 0 bridgehead atoms. The Morgan fingerprint density at radius 1 is 0.203 bits per heavy atom. The zero-order valence-corrected chi connectivity index (χ0v) is 32.6. The second kappa shape index (κ2) is 16.0. The second-order valence-corrected chi connectivity index (χ2v) is 14.9. The minimum atomic E-state index is 1.09. The molecule has 0 saturated heterocycles. The van der Waals surface area contributed by atoms with Crippen LogP contribution in [0.2, 0.25) is 0 Å². The van der Waals surface area contributed by atoms with Crippen LogP contribution in [0.15, 0.2) is 249 Å². The first-order chi connectivity index (χ1) is 29.3. The Labute approximate surface area is 346 Å². The van der Waals surface area contributed by atoms with Crippen LogP contribution < -0.4 is 4.90 Å². The van der Waals surface area contributed by atoms with Crippen LogP contribution in [0.1, 0.15) is 0 Å². The van der Waals surface area contributed by atoms with Crippen molar-refractivity contribution < 1.29 is 0 Å². The smallest absolute Gasteiger partial charge is 0.0467 e. The van der Waals surface area contributed by atoms with Gasteiger partial charge in [0.15, 0.2) is 0 Å². The van der Waals surface area contributed by atoms with Gasteiger partial charge in [0.1, 0.15) is 0 Å². The van der Waals surface area contributed by atoms with Crippen LogP contribution in [0.25, 0.3) is 77.5 Å². The molecule has 59 heavy (non-hydrogen) atoms. The quantitative estimate of drug-likeness (QED) is 0.142. The van der Waals surface area contributed by atoms with Gasteiger partial charge in [-0.3, -0.25) is 0 Å². The molecule has 1 heteroatoms. The molecule has 0 unspecified atom stereocenters. The monoisotopic (exact) mass is 751 g/mol. The second-order valence-electron chi connectivity index (χ2n) is 14.9. The first-order valence-corrected chi connectivity index (χ1v) is 20.3. The van der Waals surface area contributed by atoms with Crippen molar-refractivity contribution in [2.45, 2.75) is 0 Å². The molecule has 0 saturated carbocycles. The Kier molecular flexibility index (Phi) is 9.68. The van der Waals surface area contributed by atoms with Crippen LogP contribution in [-0.2, 0) is 0 Å².